The van der Waals surface area contributed by atoms with Gasteiger partial charge in [-0.2, -0.15) is 0 Å². The first-order valence-electron chi connectivity index (χ1n) is 7.15. The van der Waals surface area contributed by atoms with Crippen LogP contribution >= 0.6 is 15.9 Å². The van der Waals surface area contributed by atoms with Crippen LogP contribution in [0.5, 0.6) is 0 Å². The van der Waals surface area contributed by atoms with Gasteiger partial charge in [0, 0.05) is 13.3 Å². The number of carbonyl (C=O) groups excluding carboxylic acids is 1. The SMILES string of the molecule is CCC(CC)O[C@@H]1C=C(Br)C[C@H](NC(=O)O)[C@H]1NC(C)=O. The molecule has 0 aromatic heterocycles. The normalized spacial score (nSPS) is 25.4. The Balaban J connectivity index is 2.95. The van der Waals surface area contributed by atoms with Crippen molar-refractivity contribution in [3.8, 4) is 0 Å². The van der Waals surface area contributed by atoms with Crippen molar-refractivity contribution in [2.75, 3.05) is 0 Å². The first kappa shape index (κ1) is 18.0. The molecule has 7 heteroatoms. The Hall–Kier alpha value is -1.08. The van der Waals surface area contributed by atoms with Gasteiger partial charge in [-0.15, -0.1) is 0 Å². The molecule has 2 amide bonds. The topological polar surface area (TPSA) is 87.7 Å². The van der Waals surface area contributed by atoms with Gasteiger partial charge in [0.25, 0.3) is 0 Å². The largest absolute Gasteiger partial charge is 0.465 e. The highest BCUT2D eigenvalue weighted by atomic mass is 79.9. The van der Waals surface area contributed by atoms with E-state index in [2.05, 4.69) is 26.6 Å². The molecule has 0 saturated heterocycles. The van der Waals surface area contributed by atoms with Crippen molar-refractivity contribution in [1.82, 2.24) is 10.6 Å². The summed E-state index contributed by atoms with van der Waals surface area (Å²) in [4.78, 5) is 22.4. The Kier molecular flexibility index (Phi) is 7.17. The lowest BCUT2D eigenvalue weighted by Gasteiger charge is -2.37. The van der Waals surface area contributed by atoms with Crippen molar-refractivity contribution in [2.45, 2.75) is 64.3 Å². The molecule has 0 heterocycles. The minimum Gasteiger partial charge on any atom is -0.465 e. The van der Waals surface area contributed by atoms with Gasteiger partial charge in [-0.05, 0) is 23.4 Å². The number of ether oxygens (including phenoxy) is 1. The van der Waals surface area contributed by atoms with E-state index in [0.29, 0.717) is 6.42 Å². The van der Waals surface area contributed by atoms with Crippen LogP contribution in [0.25, 0.3) is 0 Å². The molecule has 1 aliphatic carbocycles. The lowest BCUT2D eigenvalue weighted by atomic mass is 9.92. The number of nitrogens with one attached hydrogen (secondary N) is 2. The number of hydrogen-bond donors (Lipinski definition) is 3. The Morgan fingerprint density at radius 1 is 1.43 bits per heavy atom. The van der Waals surface area contributed by atoms with Crippen molar-refractivity contribution in [3.05, 3.63) is 10.6 Å². The van der Waals surface area contributed by atoms with Gasteiger partial charge in [0.2, 0.25) is 5.91 Å². The van der Waals surface area contributed by atoms with Crippen molar-refractivity contribution >= 4 is 27.9 Å². The van der Waals surface area contributed by atoms with E-state index >= 15 is 0 Å². The van der Waals surface area contributed by atoms with E-state index in [-0.39, 0.29) is 18.1 Å². The number of carbonyl (C=O) groups is 2. The van der Waals surface area contributed by atoms with Gasteiger partial charge in [0.15, 0.2) is 0 Å². The van der Waals surface area contributed by atoms with E-state index in [9.17, 15) is 9.59 Å². The van der Waals surface area contributed by atoms with Gasteiger partial charge in [0.1, 0.15) is 0 Å². The lowest BCUT2D eigenvalue weighted by molar-refractivity contribution is -0.121. The zero-order valence-electron chi connectivity index (χ0n) is 12.6. The van der Waals surface area contributed by atoms with E-state index in [4.69, 9.17) is 9.84 Å². The second-order valence-corrected chi connectivity index (χ2v) is 6.16. The molecule has 0 aromatic rings. The van der Waals surface area contributed by atoms with E-state index in [0.717, 1.165) is 17.3 Å². The van der Waals surface area contributed by atoms with Crippen LogP contribution in [0.1, 0.15) is 40.0 Å². The summed E-state index contributed by atoms with van der Waals surface area (Å²) in [5.41, 5.74) is 0. The zero-order valence-corrected chi connectivity index (χ0v) is 14.1. The van der Waals surface area contributed by atoms with Gasteiger partial charge in [-0.25, -0.2) is 4.79 Å². The second kappa shape index (κ2) is 8.38. The van der Waals surface area contributed by atoms with Crippen LogP contribution in [-0.2, 0) is 9.53 Å². The average Bonchev–Trinajstić information content (AvgIpc) is 2.38. The van der Waals surface area contributed by atoms with Gasteiger partial charge in [-0.3, -0.25) is 4.79 Å². The van der Waals surface area contributed by atoms with Gasteiger partial charge >= 0.3 is 6.09 Å². The standard InChI is InChI=1S/C14H23BrN2O4/c1-4-10(5-2)21-12-7-9(15)6-11(17-14(19)20)13(12)16-8(3)18/h7,10-13,17H,4-6H2,1-3H3,(H,16,18)(H,19,20)/t11-,12+,13+/m0/s1. The third-order valence-electron chi connectivity index (χ3n) is 3.49. The quantitative estimate of drug-likeness (QED) is 0.676. The first-order valence-corrected chi connectivity index (χ1v) is 7.94. The van der Waals surface area contributed by atoms with E-state index < -0.39 is 18.2 Å². The number of hydrogen-bond acceptors (Lipinski definition) is 3. The molecule has 3 atom stereocenters. The van der Waals surface area contributed by atoms with Crippen LogP contribution in [0.2, 0.25) is 0 Å². The summed E-state index contributed by atoms with van der Waals surface area (Å²) in [6.07, 6.45) is 2.72. The Morgan fingerprint density at radius 2 is 2.05 bits per heavy atom. The second-order valence-electron chi connectivity index (χ2n) is 5.14. The molecule has 1 rings (SSSR count). The fourth-order valence-corrected chi connectivity index (χ4v) is 3.07. The Labute approximate surface area is 133 Å². The zero-order chi connectivity index (χ0) is 16.0. The first-order chi connectivity index (χ1) is 9.87. The molecule has 0 fully saturated rings. The van der Waals surface area contributed by atoms with Crippen LogP contribution in [0.3, 0.4) is 0 Å². The van der Waals surface area contributed by atoms with Crippen LogP contribution in [0.15, 0.2) is 10.6 Å². The summed E-state index contributed by atoms with van der Waals surface area (Å²) < 4.78 is 6.91. The highest BCUT2D eigenvalue weighted by Gasteiger charge is 2.36. The molecule has 1 aliphatic rings. The third-order valence-corrected chi connectivity index (χ3v) is 4.07. The molecule has 0 spiro atoms. The van der Waals surface area contributed by atoms with Crippen LogP contribution in [0.4, 0.5) is 4.79 Å². The highest BCUT2D eigenvalue weighted by Crippen LogP contribution is 2.27. The minimum atomic E-state index is -1.11. The maximum atomic E-state index is 11.4. The van der Waals surface area contributed by atoms with E-state index in [1.54, 1.807) is 0 Å². The number of rotatable bonds is 6. The van der Waals surface area contributed by atoms with Crippen molar-refractivity contribution in [2.24, 2.45) is 0 Å². The highest BCUT2D eigenvalue weighted by molar-refractivity contribution is 9.11. The summed E-state index contributed by atoms with van der Waals surface area (Å²) >= 11 is 3.42. The monoisotopic (exact) mass is 362 g/mol. The maximum Gasteiger partial charge on any atom is 0.404 e. The fraction of sp³-hybridized carbons (Fsp3) is 0.714. The molecule has 0 aliphatic heterocycles. The van der Waals surface area contributed by atoms with Crippen molar-refractivity contribution in [3.63, 3.8) is 0 Å². The number of halogens is 1. The molecule has 6 nitrogen and oxygen atoms in total. The molecule has 0 radical (unpaired) electrons. The molecular weight excluding hydrogens is 340 g/mol. The predicted molar refractivity (Wildman–Crippen MR) is 83.4 cm³/mol. The average molecular weight is 363 g/mol. The molecular formula is C14H23BrN2O4. The molecule has 0 aromatic carbocycles. The number of amides is 2. The van der Waals surface area contributed by atoms with E-state index in [1.165, 1.54) is 6.92 Å². The smallest absolute Gasteiger partial charge is 0.404 e. The summed E-state index contributed by atoms with van der Waals surface area (Å²) in [6.45, 7) is 5.49. The molecule has 21 heavy (non-hydrogen) atoms. The summed E-state index contributed by atoms with van der Waals surface area (Å²) in [5, 5.41) is 14.2. The summed E-state index contributed by atoms with van der Waals surface area (Å²) in [6, 6.07) is -0.842. The molecule has 3 N–H and O–H groups in total. The molecule has 120 valence electrons. The van der Waals surface area contributed by atoms with Crippen molar-refractivity contribution < 1.29 is 19.4 Å². The van der Waals surface area contributed by atoms with Crippen LogP contribution < -0.4 is 10.6 Å². The molecule has 0 bridgehead atoms. The van der Waals surface area contributed by atoms with Crippen molar-refractivity contribution in [1.29, 1.82) is 0 Å². The Morgan fingerprint density at radius 3 is 2.52 bits per heavy atom. The minimum absolute atomic E-state index is 0.0754. The lowest BCUT2D eigenvalue weighted by Crippen LogP contribution is -2.58. The fourth-order valence-electron chi connectivity index (χ4n) is 2.46. The van der Waals surface area contributed by atoms with Gasteiger partial charge in [0.05, 0.1) is 24.3 Å². The van der Waals surface area contributed by atoms with E-state index in [1.807, 2.05) is 19.9 Å². The van der Waals surface area contributed by atoms with Crippen LogP contribution in [0, 0.1) is 0 Å². The van der Waals surface area contributed by atoms with Crippen LogP contribution in [-0.4, -0.2) is 41.4 Å². The van der Waals surface area contributed by atoms with Gasteiger partial charge in [-0.1, -0.05) is 29.8 Å². The predicted octanol–water partition coefficient (Wildman–Crippen LogP) is 2.38. The molecule has 0 saturated carbocycles. The summed E-state index contributed by atoms with van der Waals surface area (Å²) in [5.74, 6) is -0.207. The Bertz CT molecular complexity index is 410. The van der Waals surface area contributed by atoms with Gasteiger partial charge < -0.3 is 20.5 Å². The number of carboxylic acid groups (broad SMARTS) is 1. The molecule has 0 unspecified atom stereocenters. The maximum absolute atomic E-state index is 11.4. The summed E-state index contributed by atoms with van der Waals surface area (Å²) in [7, 11) is 0. The third kappa shape index (κ3) is 5.67.